The van der Waals surface area contributed by atoms with Crippen molar-refractivity contribution in [2.24, 2.45) is 0 Å². The molecule has 3 rings (SSSR count). The van der Waals surface area contributed by atoms with Gasteiger partial charge in [-0.3, -0.25) is 4.72 Å². The number of nitrogens with one attached hydrogen (secondary N) is 1. The fourth-order valence-corrected chi connectivity index (χ4v) is 4.06. The summed E-state index contributed by atoms with van der Waals surface area (Å²) in [5.41, 5.74) is 0.284. The standard InChI is InChI=1S/C18H14F4N3O3S/c1-11-7-8-14(13(19)9-11)25-29(26,27)15(12-5-3-2-4-6-12)10-16-23-17(28-24-16)18(20,21)22/h2-9,15,25H,1,10H2. The van der Waals surface area contributed by atoms with Gasteiger partial charge in [-0.05, 0) is 30.2 Å². The van der Waals surface area contributed by atoms with Crippen LogP contribution in [-0.4, -0.2) is 18.6 Å². The molecule has 1 aromatic heterocycles. The number of nitrogens with zero attached hydrogens (tertiary/aromatic N) is 2. The quantitative estimate of drug-likeness (QED) is 0.597. The minimum atomic E-state index is -4.86. The molecule has 0 aliphatic carbocycles. The van der Waals surface area contributed by atoms with E-state index in [0.29, 0.717) is 5.56 Å². The van der Waals surface area contributed by atoms with E-state index in [1.54, 1.807) is 18.2 Å². The maximum absolute atomic E-state index is 14.1. The van der Waals surface area contributed by atoms with Crippen LogP contribution in [0.15, 0.2) is 53.1 Å². The second-order valence-electron chi connectivity index (χ2n) is 6.08. The first-order valence-corrected chi connectivity index (χ1v) is 9.69. The zero-order valence-corrected chi connectivity index (χ0v) is 15.5. The first kappa shape index (κ1) is 20.8. The predicted molar refractivity (Wildman–Crippen MR) is 95.6 cm³/mol. The Morgan fingerprint density at radius 1 is 1.14 bits per heavy atom. The van der Waals surface area contributed by atoms with Crippen LogP contribution in [0.4, 0.5) is 23.2 Å². The molecule has 0 aliphatic rings. The largest absolute Gasteiger partial charge is 0.471 e. The van der Waals surface area contributed by atoms with E-state index in [9.17, 15) is 26.0 Å². The van der Waals surface area contributed by atoms with Crippen LogP contribution in [0, 0.1) is 12.7 Å². The molecule has 3 aromatic rings. The molecule has 1 radical (unpaired) electrons. The lowest BCUT2D eigenvalue weighted by molar-refractivity contribution is -0.159. The first-order valence-electron chi connectivity index (χ1n) is 8.14. The highest BCUT2D eigenvalue weighted by molar-refractivity contribution is 7.92. The van der Waals surface area contributed by atoms with Crippen LogP contribution in [0.1, 0.15) is 28.1 Å². The van der Waals surface area contributed by atoms with Gasteiger partial charge in [-0.15, -0.1) is 0 Å². The molecule has 1 N–H and O–H groups in total. The van der Waals surface area contributed by atoms with Crippen LogP contribution in [0.2, 0.25) is 0 Å². The van der Waals surface area contributed by atoms with Gasteiger partial charge >= 0.3 is 12.1 Å². The van der Waals surface area contributed by atoms with E-state index in [4.69, 9.17) is 0 Å². The average molecular weight is 428 g/mol. The molecule has 6 nitrogen and oxygen atoms in total. The van der Waals surface area contributed by atoms with Gasteiger partial charge in [0.2, 0.25) is 10.0 Å². The van der Waals surface area contributed by atoms with Crippen molar-refractivity contribution in [1.29, 1.82) is 0 Å². The number of hydrogen-bond donors (Lipinski definition) is 1. The van der Waals surface area contributed by atoms with Crippen molar-refractivity contribution in [2.45, 2.75) is 17.8 Å². The van der Waals surface area contributed by atoms with E-state index in [1.165, 1.54) is 24.3 Å². The van der Waals surface area contributed by atoms with Crippen molar-refractivity contribution >= 4 is 15.7 Å². The molecule has 2 aromatic carbocycles. The summed E-state index contributed by atoms with van der Waals surface area (Å²) >= 11 is 0. The molecule has 0 saturated carbocycles. The highest BCUT2D eigenvalue weighted by Gasteiger charge is 2.39. The van der Waals surface area contributed by atoms with Gasteiger partial charge in [0.05, 0.1) is 5.69 Å². The predicted octanol–water partition coefficient (Wildman–Crippen LogP) is 4.14. The molecule has 153 valence electrons. The van der Waals surface area contributed by atoms with Crippen LogP contribution >= 0.6 is 0 Å². The topological polar surface area (TPSA) is 85.1 Å². The second kappa shape index (κ2) is 7.82. The van der Waals surface area contributed by atoms with Crippen LogP contribution in [0.5, 0.6) is 0 Å². The Hall–Kier alpha value is -2.95. The van der Waals surface area contributed by atoms with Gasteiger partial charge in [0, 0.05) is 6.42 Å². The molecule has 0 fully saturated rings. The fraction of sp³-hybridized carbons (Fsp3) is 0.167. The number of benzene rings is 2. The Morgan fingerprint density at radius 2 is 1.83 bits per heavy atom. The van der Waals surface area contributed by atoms with Crippen molar-refractivity contribution in [3.8, 4) is 0 Å². The number of aromatic nitrogens is 2. The molecule has 0 saturated heterocycles. The van der Waals surface area contributed by atoms with Gasteiger partial charge in [-0.25, -0.2) is 12.8 Å². The van der Waals surface area contributed by atoms with E-state index in [2.05, 4.69) is 26.3 Å². The van der Waals surface area contributed by atoms with Crippen molar-refractivity contribution in [3.63, 3.8) is 0 Å². The number of rotatable bonds is 6. The van der Waals surface area contributed by atoms with Gasteiger partial charge in [0.15, 0.2) is 5.82 Å². The van der Waals surface area contributed by atoms with E-state index >= 15 is 0 Å². The lowest BCUT2D eigenvalue weighted by Crippen LogP contribution is -2.24. The number of alkyl halides is 3. The minimum Gasteiger partial charge on any atom is -0.329 e. The summed E-state index contributed by atoms with van der Waals surface area (Å²) in [5, 5.41) is 1.82. The molecule has 1 heterocycles. The molecule has 0 spiro atoms. The van der Waals surface area contributed by atoms with Crippen LogP contribution in [0.3, 0.4) is 0 Å². The average Bonchev–Trinajstić information content (AvgIpc) is 3.12. The summed E-state index contributed by atoms with van der Waals surface area (Å²) in [7, 11) is -4.30. The summed E-state index contributed by atoms with van der Waals surface area (Å²) in [6.45, 7) is 3.54. The van der Waals surface area contributed by atoms with E-state index in [1.807, 2.05) is 0 Å². The Kier molecular flexibility index (Phi) is 5.60. The Morgan fingerprint density at radius 3 is 2.41 bits per heavy atom. The molecular weight excluding hydrogens is 414 g/mol. The first-order chi connectivity index (χ1) is 13.6. The molecule has 1 unspecified atom stereocenters. The maximum atomic E-state index is 14.1. The van der Waals surface area contributed by atoms with Crippen molar-refractivity contribution in [3.05, 3.63) is 84.1 Å². The monoisotopic (exact) mass is 428 g/mol. The maximum Gasteiger partial charge on any atom is 0.471 e. The molecule has 0 aliphatic heterocycles. The second-order valence-corrected chi connectivity index (χ2v) is 7.94. The van der Waals surface area contributed by atoms with Crippen LogP contribution in [0.25, 0.3) is 0 Å². The zero-order chi connectivity index (χ0) is 21.2. The summed E-state index contributed by atoms with van der Waals surface area (Å²) in [6.07, 6.45) is -5.38. The summed E-state index contributed by atoms with van der Waals surface area (Å²) in [5.74, 6) is -2.88. The lowest BCUT2D eigenvalue weighted by Gasteiger charge is -2.18. The number of halogens is 4. The Balaban J connectivity index is 1.96. The normalized spacial score (nSPS) is 13.3. The molecule has 0 amide bonds. The highest BCUT2D eigenvalue weighted by Crippen LogP contribution is 2.31. The SMILES string of the molecule is [CH2]c1ccc(NS(=O)(=O)C(Cc2noc(C(F)(F)F)n2)c2ccccc2)c(F)c1. The summed E-state index contributed by atoms with van der Waals surface area (Å²) in [4.78, 5) is 3.22. The van der Waals surface area contributed by atoms with Gasteiger partial charge in [0.1, 0.15) is 11.1 Å². The van der Waals surface area contributed by atoms with E-state index in [0.717, 1.165) is 6.07 Å². The molecule has 1 atom stereocenters. The van der Waals surface area contributed by atoms with E-state index < -0.39 is 45.4 Å². The zero-order valence-electron chi connectivity index (χ0n) is 14.6. The third-order valence-corrected chi connectivity index (χ3v) is 5.60. The molecule has 29 heavy (non-hydrogen) atoms. The van der Waals surface area contributed by atoms with Crippen molar-refractivity contribution < 1.29 is 30.5 Å². The van der Waals surface area contributed by atoms with E-state index in [-0.39, 0.29) is 11.3 Å². The Bertz CT molecular complexity index is 1100. The van der Waals surface area contributed by atoms with Gasteiger partial charge in [-0.2, -0.15) is 18.2 Å². The molecule has 11 heteroatoms. The Labute approximate surface area is 163 Å². The molecule has 0 bridgehead atoms. The van der Waals surface area contributed by atoms with Gasteiger partial charge in [-0.1, -0.05) is 41.6 Å². The van der Waals surface area contributed by atoms with Crippen LogP contribution < -0.4 is 4.72 Å². The van der Waals surface area contributed by atoms with Gasteiger partial charge < -0.3 is 4.52 Å². The molecular formula is C18H14F4N3O3S. The van der Waals surface area contributed by atoms with Crippen molar-refractivity contribution in [2.75, 3.05) is 4.72 Å². The smallest absolute Gasteiger partial charge is 0.329 e. The van der Waals surface area contributed by atoms with Crippen LogP contribution in [-0.2, 0) is 22.6 Å². The fourth-order valence-electron chi connectivity index (χ4n) is 2.56. The third-order valence-electron chi connectivity index (χ3n) is 3.91. The summed E-state index contributed by atoms with van der Waals surface area (Å²) < 4.78 is 84.3. The third kappa shape index (κ3) is 4.91. The van der Waals surface area contributed by atoms with Crippen molar-refractivity contribution in [1.82, 2.24) is 10.1 Å². The number of anilines is 1. The summed E-state index contributed by atoms with van der Waals surface area (Å²) in [6, 6.07) is 11.4. The number of hydrogen-bond acceptors (Lipinski definition) is 5. The van der Waals surface area contributed by atoms with Gasteiger partial charge in [0.25, 0.3) is 0 Å². The highest BCUT2D eigenvalue weighted by atomic mass is 32.2. The number of sulfonamides is 1. The lowest BCUT2D eigenvalue weighted by atomic mass is 10.1. The minimum absolute atomic E-state index is 0.257.